The van der Waals surface area contributed by atoms with Gasteiger partial charge in [0.1, 0.15) is 6.04 Å². The maximum Gasteiger partial charge on any atom is 0.244 e. The summed E-state index contributed by atoms with van der Waals surface area (Å²) in [6.07, 6.45) is 6.43. The lowest BCUT2D eigenvalue weighted by Crippen LogP contribution is -2.48. The summed E-state index contributed by atoms with van der Waals surface area (Å²) in [4.78, 5) is 13.1. The van der Waals surface area contributed by atoms with Crippen molar-refractivity contribution in [2.45, 2.75) is 58.0 Å². The molecule has 0 unspecified atom stereocenters. The van der Waals surface area contributed by atoms with Gasteiger partial charge in [0.25, 0.3) is 0 Å². The Morgan fingerprint density at radius 1 is 1.10 bits per heavy atom. The third-order valence-electron chi connectivity index (χ3n) is 5.67. The summed E-state index contributed by atoms with van der Waals surface area (Å²) in [5, 5.41) is 3.55. The molecule has 0 radical (unpaired) electrons. The summed E-state index contributed by atoms with van der Waals surface area (Å²) in [7, 11) is -3.66. The van der Waals surface area contributed by atoms with Gasteiger partial charge in [-0.2, -0.15) is 0 Å². The summed E-state index contributed by atoms with van der Waals surface area (Å²) in [5.74, 6) is -0.333. The molecule has 0 heterocycles. The molecule has 0 saturated carbocycles. The van der Waals surface area contributed by atoms with Crippen LogP contribution in [-0.2, 0) is 27.7 Å². The van der Waals surface area contributed by atoms with Gasteiger partial charge < -0.3 is 5.32 Å². The molecule has 3 rings (SSSR count). The highest BCUT2D eigenvalue weighted by molar-refractivity contribution is 7.92. The van der Waals surface area contributed by atoms with Crippen molar-refractivity contribution in [2.75, 3.05) is 10.6 Å². The van der Waals surface area contributed by atoms with E-state index in [9.17, 15) is 13.2 Å². The Balaban J connectivity index is 1.82. The van der Waals surface area contributed by atoms with Gasteiger partial charge in [0.15, 0.2) is 0 Å². The zero-order valence-electron chi connectivity index (χ0n) is 17.7. The lowest BCUT2D eigenvalue weighted by Gasteiger charge is -2.30. The van der Waals surface area contributed by atoms with Crippen molar-refractivity contribution in [1.29, 1.82) is 0 Å². The Bertz CT molecular complexity index is 1010. The number of benzene rings is 2. The summed E-state index contributed by atoms with van der Waals surface area (Å²) in [6.45, 7) is 3.62. The zero-order chi connectivity index (χ0) is 21.9. The Kier molecular flexibility index (Phi) is 7.09. The van der Waals surface area contributed by atoms with E-state index in [0.717, 1.165) is 35.4 Å². The highest BCUT2D eigenvalue weighted by Gasteiger charge is 2.30. The van der Waals surface area contributed by atoms with Crippen LogP contribution in [-0.4, -0.2) is 26.6 Å². The predicted molar refractivity (Wildman–Crippen MR) is 122 cm³/mol. The van der Waals surface area contributed by atoms with Crippen LogP contribution in [0.4, 0.5) is 5.69 Å². The molecule has 162 valence electrons. The highest BCUT2D eigenvalue weighted by Crippen LogP contribution is 2.27. The quantitative estimate of drug-likeness (QED) is 0.670. The minimum absolute atomic E-state index is 0.168. The SMILES string of the molecule is CC[C@H](NC(=O)[C@@H](C)N(c1ccc(Cl)cc1)S(C)(=O)=O)c1ccc2c(c1)CCCC2. The number of halogens is 1. The molecule has 1 aliphatic rings. The molecule has 30 heavy (non-hydrogen) atoms. The molecule has 1 N–H and O–H groups in total. The number of hydrogen-bond acceptors (Lipinski definition) is 3. The van der Waals surface area contributed by atoms with E-state index in [4.69, 9.17) is 11.6 Å². The summed E-state index contributed by atoms with van der Waals surface area (Å²) in [5.41, 5.74) is 4.23. The predicted octanol–water partition coefficient (Wildman–Crippen LogP) is 4.64. The topological polar surface area (TPSA) is 66.5 Å². The molecule has 2 aromatic rings. The normalized spacial score (nSPS) is 15.7. The molecule has 5 nitrogen and oxygen atoms in total. The summed E-state index contributed by atoms with van der Waals surface area (Å²) >= 11 is 5.93. The standard InChI is InChI=1S/C23H29ClN2O3S/c1-4-22(19-10-9-17-7-5-6-8-18(17)15-19)25-23(27)16(2)26(30(3,28)29)21-13-11-20(24)12-14-21/h9-16,22H,4-8H2,1-3H3,(H,25,27)/t16-,22+/m1/s1. The number of carbonyl (C=O) groups is 1. The van der Waals surface area contributed by atoms with Crippen molar-refractivity contribution < 1.29 is 13.2 Å². The van der Waals surface area contributed by atoms with Gasteiger partial charge in [-0.15, -0.1) is 0 Å². The lowest BCUT2D eigenvalue weighted by molar-refractivity contribution is -0.122. The van der Waals surface area contributed by atoms with E-state index in [2.05, 4.69) is 23.5 Å². The second-order valence-corrected chi connectivity index (χ2v) is 10.2. The number of hydrogen-bond donors (Lipinski definition) is 1. The number of fused-ring (bicyclic) bond motifs is 1. The monoisotopic (exact) mass is 448 g/mol. The Hall–Kier alpha value is -2.05. The maximum atomic E-state index is 13.1. The van der Waals surface area contributed by atoms with Gasteiger partial charge in [-0.05, 0) is 80.0 Å². The molecule has 0 saturated heterocycles. The first-order valence-electron chi connectivity index (χ1n) is 10.4. The maximum absolute atomic E-state index is 13.1. The van der Waals surface area contributed by atoms with Gasteiger partial charge in [0.05, 0.1) is 18.0 Å². The van der Waals surface area contributed by atoms with Crippen LogP contribution < -0.4 is 9.62 Å². The van der Waals surface area contributed by atoms with E-state index < -0.39 is 16.1 Å². The van der Waals surface area contributed by atoms with Gasteiger partial charge in [0.2, 0.25) is 15.9 Å². The van der Waals surface area contributed by atoms with Gasteiger partial charge in [-0.25, -0.2) is 8.42 Å². The Morgan fingerprint density at radius 3 is 2.33 bits per heavy atom. The zero-order valence-corrected chi connectivity index (χ0v) is 19.3. The van der Waals surface area contributed by atoms with Crippen LogP contribution in [0.15, 0.2) is 42.5 Å². The van der Waals surface area contributed by atoms with Crippen LogP contribution in [0.3, 0.4) is 0 Å². The number of rotatable bonds is 7. The molecule has 7 heteroatoms. The average Bonchev–Trinajstić information content (AvgIpc) is 2.72. The number of anilines is 1. The van der Waals surface area contributed by atoms with E-state index in [0.29, 0.717) is 10.7 Å². The molecular formula is C23H29ClN2O3S. The molecule has 0 aromatic heterocycles. The number of nitrogens with one attached hydrogen (secondary N) is 1. The largest absolute Gasteiger partial charge is 0.347 e. The van der Waals surface area contributed by atoms with Gasteiger partial charge in [0, 0.05) is 5.02 Å². The second-order valence-electron chi connectivity index (χ2n) is 7.92. The number of nitrogens with zero attached hydrogens (tertiary/aromatic N) is 1. The van der Waals surface area contributed by atoms with Gasteiger partial charge in [-0.1, -0.05) is 36.7 Å². The fraction of sp³-hybridized carbons (Fsp3) is 0.435. The molecular weight excluding hydrogens is 420 g/mol. The van der Waals surface area contributed by atoms with Crippen LogP contribution >= 0.6 is 11.6 Å². The van der Waals surface area contributed by atoms with Crippen molar-refractivity contribution in [1.82, 2.24) is 5.32 Å². The number of aryl methyl sites for hydroxylation is 2. The van der Waals surface area contributed by atoms with E-state index in [1.807, 2.05) is 6.92 Å². The van der Waals surface area contributed by atoms with Crippen molar-refractivity contribution in [3.8, 4) is 0 Å². The van der Waals surface area contributed by atoms with E-state index in [1.165, 1.54) is 24.0 Å². The molecule has 2 aromatic carbocycles. The van der Waals surface area contributed by atoms with E-state index >= 15 is 0 Å². The second kappa shape index (κ2) is 9.40. The first kappa shape index (κ1) is 22.6. The van der Waals surface area contributed by atoms with Gasteiger partial charge >= 0.3 is 0 Å². The van der Waals surface area contributed by atoms with Crippen LogP contribution in [0.2, 0.25) is 5.02 Å². The third kappa shape index (κ3) is 5.16. The molecule has 0 spiro atoms. The molecule has 0 bridgehead atoms. The third-order valence-corrected chi connectivity index (χ3v) is 7.16. The van der Waals surface area contributed by atoms with Crippen molar-refractivity contribution in [2.24, 2.45) is 0 Å². The van der Waals surface area contributed by atoms with Crippen LogP contribution in [0.25, 0.3) is 0 Å². The Labute approximate surface area is 184 Å². The first-order chi connectivity index (χ1) is 14.2. The van der Waals surface area contributed by atoms with E-state index in [1.54, 1.807) is 31.2 Å². The van der Waals surface area contributed by atoms with Crippen LogP contribution in [0.1, 0.15) is 55.8 Å². The first-order valence-corrected chi connectivity index (χ1v) is 12.6. The summed E-state index contributed by atoms with van der Waals surface area (Å²) in [6, 6.07) is 11.8. The molecule has 1 aliphatic carbocycles. The highest BCUT2D eigenvalue weighted by atomic mass is 35.5. The molecule has 0 fully saturated rings. The average molecular weight is 449 g/mol. The fourth-order valence-electron chi connectivity index (χ4n) is 4.08. The van der Waals surface area contributed by atoms with Crippen molar-refractivity contribution in [3.63, 3.8) is 0 Å². The minimum Gasteiger partial charge on any atom is -0.347 e. The number of carbonyl (C=O) groups excluding carboxylic acids is 1. The van der Waals surface area contributed by atoms with Crippen molar-refractivity contribution >= 4 is 33.2 Å². The fourth-order valence-corrected chi connectivity index (χ4v) is 5.38. The molecule has 1 amide bonds. The smallest absolute Gasteiger partial charge is 0.244 e. The van der Waals surface area contributed by atoms with Crippen LogP contribution in [0.5, 0.6) is 0 Å². The lowest BCUT2D eigenvalue weighted by atomic mass is 9.88. The van der Waals surface area contributed by atoms with E-state index in [-0.39, 0.29) is 11.9 Å². The number of amides is 1. The number of sulfonamides is 1. The summed E-state index contributed by atoms with van der Waals surface area (Å²) < 4.78 is 26.1. The minimum atomic E-state index is -3.66. The van der Waals surface area contributed by atoms with Crippen molar-refractivity contribution in [3.05, 3.63) is 64.2 Å². The Morgan fingerprint density at radius 2 is 1.73 bits per heavy atom. The van der Waals surface area contributed by atoms with Gasteiger partial charge in [-0.3, -0.25) is 9.10 Å². The molecule has 2 atom stereocenters. The van der Waals surface area contributed by atoms with Crippen LogP contribution in [0, 0.1) is 0 Å². The molecule has 0 aliphatic heterocycles.